The van der Waals surface area contributed by atoms with Crippen molar-refractivity contribution in [3.05, 3.63) is 0 Å². The quantitative estimate of drug-likeness (QED) is 0.574. The maximum Gasteiger partial charge on any atom is 0.109 e. The first-order chi connectivity index (χ1) is 10.2. The summed E-state index contributed by atoms with van der Waals surface area (Å²) >= 11 is 0. The lowest BCUT2D eigenvalue weighted by Crippen LogP contribution is -2.47. The van der Waals surface area contributed by atoms with E-state index in [1.807, 2.05) is 0 Å². The van der Waals surface area contributed by atoms with Crippen LogP contribution >= 0.6 is 0 Å². The molecule has 0 saturated heterocycles. The van der Waals surface area contributed by atoms with Gasteiger partial charge in [-0.2, -0.15) is 5.26 Å². The van der Waals surface area contributed by atoms with Gasteiger partial charge in [-0.05, 0) is 45.1 Å². The largest absolute Gasteiger partial charge is 0.378 e. The minimum Gasteiger partial charge on any atom is -0.378 e. The van der Waals surface area contributed by atoms with Gasteiger partial charge in [0.05, 0.1) is 12.2 Å². The van der Waals surface area contributed by atoms with Crippen LogP contribution in [0, 0.1) is 17.2 Å². The van der Waals surface area contributed by atoms with E-state index in [-0.39, 0.29) is 5.54 Å². The molecule has 0 amide bonds. The Kier molecular flexibility index (Phi) is 8.96. The van der Waals surface area contributed by atoms with Crippen LogP contribution in [0.5, 0.6) is 0 Å². The molecule has 1 fully saturated rings. The summed E-state index contributed by atoms with van der Waals surface area (Å²) in [7, 11) is 0. The van der Waals surface area contributed by atoms with E-state index in [0.717, 1.165) is 38.8 Å². The molecule has 1 aliphatic rings. The van der Waals surface area contributed by atoms with E-state index in [1.165, 1.54) is 32.1 Å². The minimum absolute atomic E-state index is 0.289. The predicted octanol–water partition coefficient (Wildman–Crippen LogP) is 4.42. The number of unbranched alkanes of at least 4 members (excludes halogenated alkanes) is 3. The Morgan fingerprint density at radius 3 is 2.81 bits per heavy atom. The van der Waals surface area contributed by atoms with E-state index in [2.05, 4.69) is 32.2 Å². The molecule has 122 valence electrons. The Morgan fingerprint density at radius 1 is 1.33 bits per heavy atom. The molecule has 0 bridgehead atoms. The van der Waals surface area contributed by atoms with Crippen LogP contribution in [0.25, 0.3) is 0 Å². The van der Waals surface area contributed by atoms with Crippen molar-refractivity contribution >= 4 is 0 Å². The average molecular weight is 294 g/mol. The molecular formula is C18H34N2O. The molecule has 0 aromatic rings. The van der Waals surface area contributed by atoms with Crippen molar-refractivity contribution in [2.24, 2.45) is 5.92 Å². The van der Waals surface area contributed by atoms with Gasteiger partial charge in [-0.3, -0.25) is 5.32 Å². The summed E-state index contributed by atoms with van der Waals surface area (Å²) < 4.78 is 5.96. The molecule has 1 rings (SSSR count). The highest BCUT2D eigenvalue weighted by Crippen LogP contribution is 2.37. The molecule has 0 aromatic carbocycles. The summed E-state index contributed by atoms with van der Waals surface area (Å²) in [6.45, 7) is 8.19. The number of nitrogens with zero attached hydrogens (tertiary/aromatic N) is 1. The topological polar surface area (TPSA) is 45.0 Å². The maximum atomic E-state index is 9.54. The standard InChI is InChI=1S/C18H34N2O/c1-4-6-7-8-10-16(3)21-14-12-17-11-9-13-18(17,15-19)20-5-2/h16-17,20H,4-14H2,1-3H3. The number of nitriles is 1. The second kappa shape index (κ2) is 10.2. The van der Waals surface area contributed by atoms with E-state index in [9.17, 15) is 5.26 Å². The van der Waals surface area contributed by atoms with E-state index in [1.54, 1.807) is 0 Å². The van der Waals surface area contributed by atoms with Crippen LogP contribution < -0.4 is 5.32 Å². The zero-order chi connectivity index (χ0) is 15.6. The maximum absolute atomic E-state index is 9.54. The number of rotatable bonds is 11. The second-order valence-corrected chi connectivity index (χ2v) is 6.52. The second-order valence-electron chi connectivity index (χ2n) is 6.52. The van der Waals surface area contributed by atoms with Gasteiger partial charge in [-0.1, -0.05) is 46.0 Å². The van der Waals surface area contributed by atoms with Gasteiger partial charge in [-0.25, -0.2) is 0 Å². The van der Waals surface area contributed by atoms with E-state index in [0.29, 0.717) is 12.0 Å². The molecule has 3 unspecified atom stereocenters. The monoisotopic (exact) mass is 294 g/mol. The SMILES string of the molecule is CCCCCCC(C)OCCC1CCCC1(C#N)NCC. The first-order valence-electron chi connectivity index (χ1n) is 8.96. The van der Waals surface area contributed by atoms with Gasteiger partial charge >= 0.3 is 0 Å². The highest BCUT2D eigenvalue weighted by molar-refractivity contribution is 5.13. The Morgan fingerprint density at radius 2 is 2.14 bits per heavy atom. The predicted molar refractivity (Wildman–Crippen MR) is 88.2 cm³/mol. The molecule has 21 heavy (non-hydrogen) atoms. The zero-order valence-electron chi connectivity index (χ0n) is 14.3. The highest BCUT2D eigenvalue weighted by Gasteiger charge is 2.42. The number of nitrogens with one attached hydrogen (secondary N) is 1. The molecule has 1 aliphatic carbocycles. The van der Waals surface area contributed by atoms with Gasteiger partial charge in [0.25, 0.3) is 0 Å². The van der Waals surface area contributed by atoms with Crippen LogP contribution in [0.2, 0.25) is 0 Å². The fourth-order valence-electron chi connectivity index (χ4n) is 3.56. The normalized spacial score (nSPS) is 26.7. The van der Waals surface area contributed by atoms with Crippen molar-refractivity contribution in [1.82, 2.24) is 5.32 Å². The van der Waals surface area contributed by atoms with Crippen molar-refractivity contribution < 1.29 is 4.74 Å². The van der Waals surface area contributed by atoms with Crippen LogP contribution in [0.4, 0.5) is 0 Å². The third-order valence-corrected chi connectivity index (χ3v) is 4.85. The summed E-state index contributed by atoms with van der Waals surface area (Å²) in [6.07, 6.45) is 11.1. The summed E-state index contributed by atoms with van der Waals surface area (Å²) in [5, 5.41) is 13.0. The van der Waals surface area contributed by atoms with Gasteiger partial charge in [0.2, 0.25) is 0 Å². The Bertz CT molecular complexity index is 313. The molecule has 3 atom stereocenters. The van der Waals surface area contributed by atoms with Gasteiger partial charge in [0.15, 0.2) is 0 Å². The zero-order valence-corrected chi connectivity index (χ0v) is 14.3. The number of ether oxygens (including phenoxy) is 1. The molecule has 0 aromatic heterocycles. The van der Waals surface area contributed by atoms with E-state index in [4.69, 9.17) is 4.74 Å². The molecular weight excluding hydrogens is 260 g/mol. The van der Waals surface area contributed by atoms with Crippen LogP contribution in [0.1, 0.15) is 78.6 Å². The summed E-state index contributed by atoms with van der Waals surface area (Å²) in [6, 6.07) is 2.55. The van der Waals surface area contributed by atoms with Crippen LogP contribution in [-0.2, 0) is 4.74 Å². The first kappa shape index (κ1) is 18.5. The van der Waals surface area contributed by atoms with Gasteiger partial charge in [-0.15, -0.1) is 0 Å². The molecule has 0 spiro atoms. The molecule has 3 nitrogen and oxygen atoms in total. The first-order valence-corrected chi connectivity index (χ1v) is 8.96. The van der Waals surface area contributed by atoms with Crippen molar-refractivity contribution in [3.8, 4) is 6.07 Å². The molecule has 0 aliphatic heterocycles. The molecule has 0 heterocycles. The van der Waals surface area contributed by atoms with Crippen LogP contribution in [-0.4, -0.2) is 24.8 Å². The molecule has 3 heteroatoms. The third-order valence-electron chi connectivity index (χ3n) is 4.85. The lowest BCUT2D eigenvalue weighted by molar-refractivity contribution is 0.0454. The Hall–Kier alpha value is -0.590. The Balaban J connectivity index is 2.23. The van der Waals surface area contributed by atoms with Crippen molar-refractivity contribution in [1.29, 1.82) is 5.26 Å². The minimum atomic E-state index is -0.289. The van der Waals surface area contributed by atoms with Gasteiger partial charge < -0.3 is 4.74 Å². The van der Waals surface area contributed by atoms with E-state index < -0.39 is 0 Å². The Labute approximate surface area is 131 Å². The number of hydrogen-bond donors (Lipinski definition) is 1. The third kappa shape index (κ3) is 5.96. The summed E-state index contributed by atoms with van der Waals surface area (Å²) in [5.74, 6) is 0.453. The van der Waals surface area contributed by atoms with Gasteiger partial charge in [0.1, 0.15) is 5.54 Å². The van der Waals surface area contributed by atoms with Crippen molar-refractivity contribution in [2.75, 3.05) is 13.2 Å². The lowest BCUT2D eigenvalue weighted by Gasteiger charge is -2.29. The lowest BCUT2D eigenvalue weighted by atomic mass is 9.86. The number of hydrogen-bond acceptors (Lipinski definition) is 3. The van der Waals surface area contributed by atoms with Gasteiger partial charge in [0, 0.05) is 6.61 Å². The smallest absolute Gasteiger partial charge is 0.109 e. The van der Waals surface area contributed by atoms with Crippen molar-refractivity contribution in [2.45, 2.75) is 90.2 Å². The van der Waals surface area contributed by atoms with Crippen LogP contribution in [0.3, 0.4) is 0 Å². The summed E-state index contributed by atoms with van der Waals surface area (Å²) in [4.78, 5) is 0. The molecule has 0 radical (unpaired) electrons. The van der Waals surface area contributed by atoms with Crippen LogP contribution in [0.15, 0.2) is 0 Å². The average Bonchev–Trinajstić information content (AvgIpc) is 2.87. The van der Waals surface area contributed by atoms with Crippen molar-refractivity contribution in [3.63, 3.8) is 0 Å². The molecule has 1 saturated carbocycles. The highest BCUT2D eigenvalue weighted by atomic mass is 16.5. The summed E-state index contributed by atoms with van der Waals surface area (Å²) in [5.41, 5.74) is -0.289. The fourth-order valence-corrected chi connectivity index (χ4v) is 3.56. The fraction of sp³-hybridized carbons (Fsp3) is 0.944. The van der Waals surface area contributed by atoms with E-state index >= 15 is 0 Å². The molecule has 1 N–H and O–H groups in total.